The van der Waals surface area contributed by atoms with Crippen molar-refractivity contribution in [3.63, 3.8) is 0 Å². The predicted octanol–water partition coefficient (Wildman–Crippen LogP) is 4.52. The SMILES string of the molecule is COc1ccc(NC(=O)c2ccc(NC(C)c3ccccc3)nc2)c(OC)c1. The molecule has 0 aliphatic rings. The van der Waals surface area contributed by atoms with Crippen LogP contribution in [-0.4, -0.2) is 25.1 Å². The maximum absolute atomic E-state index is 12.5. The zero-order chi connectivity index (χ0) is 19.9. The van der Waals surface area contributed by atoms with E-state index in [0.29, 0.717) is 28.6 Å². The highest BCUT2D eigenvalue weighted by Gasteiger charge is 2.12. The molecule has 1 aromatic heterocycles. The van der Waals surface area contributed by atoms with Crippen LogP contribution in [0.1, 0.15) is 28.9 Å². The number of anilines is 2. The average Bonchev–Trinajstić information content (AvgIpc) is 2.75. The largest absolute Gasteiger partial charge is 0.497 e. The van der Waals surface area contributed by atoms with Crippen LogP contribution in [0.3, 0.4) is 0 Å². The fourth-order valence-corrected chi connectivity index (χ4v) is 2.76. The Hall–Kier alpha value is -3.54. The number of nitrogens with one attached hydrogen (secondary N) is 2. The smallest absolute Gasteiger partial charge is 0.257 e. The molecule has 144 valence electrons. The van der Waals surface area contributed by atoms with Crippen molar-refractivity contribution in [2.75, 3.05) is 24.9 Å². The first kappa shape index (κ1) is 19.2. The number of benzene rings is 2. The maximum atomic E-state index is 12.5. The average molecular weight is 377 g/mol. The molecule has 1 amide bonds. The van der Waals surface area contributed by atoms with E-state index < -0.39 is 0 Å². The Morgan fingerprint density at radius 1 is 1.00 bits per heavy atom. The topological polar surface area (TPSA) is 72.5 Å². The standard InChI is InChI=1S/C22H23N3O3/c1-15(16-7-5-4-6-8-16)24-21-12-9-17(14-23-21)22(26)25-19-11-10-18(27-2)13-20(19)28-3/h4-15H,1-3H3,(H,23,24)(H,25,26). The molecule has 0 saturated heterocycles. The quantitative estimate of drug-likeness (QED) is 0.633. The first-order chi connectivity index (χ1) is 13.6. The molecule has 0 spiro atoms. The molecule has 6 heteroatoms. The van der Waals surface area contributed by atoms with Gasteiger partial charge >= 0.3 is 0 Å². The van der Waals surface area contributed by atoms with Gasteiger partial charge in [0.25, 0.3) is 5.91 Å². The van der Waals surface area contributed by atoms with Crippen molar-refractivity contribution in [1.82, 2.24) is 4.98 Å². The van der Waals surface area contributed by atoms with Gasteiger partial charge in [-0.05, 0) is 36.8 Å². The second-order valence-electron chi connectivity index (χ2n) is 6.23. The lowest BCUT2D eigenvalue weighted by Gasteiger charge is -2.15. The number of methoxy groups -OCH3 is 2. The van der Waals surface area contributed by atoms with Gasteiger partial charge in [0.05, 0.1) is 25.5 Å². The van der Waals surface area contributed by atoms with Gasteiger partial charge in [0.1, 0.15) is 17.3 Å². The van der Waals surface area contributed by atoms with Gasteiger partial charge in [-0.25, -0.2) is 4.98 Å². The molecule has 0 aliphatic heterocycles. The number of hydrogen-bond donors (Lipinski definition) is 2. The number of amides is 1. The van der Waals surface area contributed by atoms with Crippen LogP contribution in [0.25, 0.3) is 0 Å². The van der Waals surface area contributed by atoms with Gasteiger partial charge < -0.3 is 20.1 Å². The van der Waals surface area contributed by atoms with E-state index in [9.17, 15) is 4.79 Å². The van der Waals surface area contributed by atoms with Crippen LogP contribution in [0.15, 0.2) is 66.9 Å². The Labute approximate surface area is 164 Å². The Morgan fingerprint density at radius 3 is 2.43 bits per heavy atom. The van der Waals surface area contributed by atoms with Crippen LogP contribution >= 0.6 is 0 Å². The van der Waals surface area contributed by atoms with Crippen LogP contribution in [0.4, 0.5) is 11.5 Å². The fourth-order valence-electron chi connectivity index (χ4n) is 2.76. The number of carbonyl (C=O) groups excluding carboxylic acids is 1. The molecule has 3 aromatic rings. The van der Waals surface area contributed by atoms with Crippen LogP contribution in [0.5, 0.6) is 11.5 Å². The van der Waals surface area contributed by atoms with E-state index in [1.54, 1.807) is 50.7 Å². The third kappa shape index (κ3) is 4.59. The van der Waals surface area contributed by atoms with E-state index in [4.69, 9.17) is 9.47 Å². The van der Waals surface area contributed by atoms with Gasteiger partial charge in [-0.1, -0.05) is 30.3 Å². The highest BCUT2D eigenvalue weighted by molar-refractivity contribution is 6.05. The van der Waals surface area contributed by atoms with E-state index in [-0.39, 0.29) is 11.9 Å². The summed E-state index contributed by atoms with van der Waals surface area (Å²) >= 11 is 0. The van der Waals surface area contributed by atoms with Crippen molar-refractivity contribution in [3.05, 3.63) is 78.0 Å². The van der Waals surface area contributed by atoms with E-state index in [1.165, 1.54) is 0 Å². The Bertz CT molecular complexity index is 928. The second kappa shape index (κ2) is 8.90. The number of aromatic nitrogens is 1. The predicted molar refractivity (Wildman–Crippen MR) is 110 cm³/mol. The minimum Gasteiger partial charge on any atom is -0.497 e. The molecule has 1 heterocycles. The molecule has 1 atom stereocenters. The Morgan fingerprint density at radius 2 is 1.79 bits per heavy atom. The summed E-state index contributed by atoms with van der Waals surface area (Å²) in [5.74, 6) is 1.61. The van der Waals surface area contributed by atoms with Crippen molar-refractivity contribution >= 4 is 17.4 Å². The number of pyridine rings is 1. The molecule has 28 heavy (non-hydrogen) atoms. The van der Waals surface area contributed by atoms with Crippen molar-refractivity contribution < 1.29 is 14.3 Å². The van der Waals surface area contributed by atoms with Crippen LogP contribution in [-0.2, 0) is 0 Å². The van der Waals surface area contributed by atoms with Crippen molar-refractivity contribution in [3.8, 4) is 11.5 Å². The molecule has 6 nitrogen and oxygen atoms in total. The normalized spacial score (nSPS) is 11.4. The third-order valence-electron chi connectivity index (χ3n) is 4.35. The monoisotopic (exact) mass is 377 g/mol. The molecular formula is C22H23N3O3. The third-order valence-corrected chi connectivity index (χ3v) is 4.35. The van der Waals surface area contributed by atoms with Gasteiger partial charge in [-0.15, -0.1) is 0 Å². The summed E-state index contributed by atoms with van der Waals surface area (Å²) in [4.78, 5) is 16.9. The zero-order valence-electron chi connectivity index (χ0n) is 16.1. The summed E-state index contributed by atoms with van der Waals surface area (Å²) < 4.78 is 10.5. The molecule has 0 saturated carbocycles. The summed E-state index contributed by atoms with van der Waals surface area (Å²) in [5.41, 5.74) is 2.18. The van der Waals surface area contributed by atoms with Crippen molar-refractivity contribution in [2.24, 2.45) is 0 Å². The number of carbonyl (C=O) groups is 1. The first-order valence-corrected chi connectivity index (χ1v) is 8.91. The van der Waals surface area contributed by atoms with Crippen LogP contribution in [0.2, 0.25) is 0 Å². The number of rotatable bonds is 7. The zero-order valence-corrected chi connectivity index (χ0v) is 16.1. The number of ether oxygens (including phenoxy) is 2. The molecule has 3 rings (SSSR count). The lowest BCUT2D eigenvalue weighted by molar-refractivity contribution is 0.102. The van der Waals surface area contributed by atoms with Gasteiger partial charge in [0.15, 0.2) is 0 Å². The number of hydrogen-bond acceptors (Lipinski definition) is 5. The van der Waals surface area contributed by atoms with Crippen molar-refractivity contribution in [1.29, 1.82) is 0 Å². The van der Waals surface area contributed by atoms with Crippen LogP contribution in [0, 0.1) is 0 Å². The van der Waals surface area contributed by atoms with Crippen LogP contribution < -0.4 is 20.1 Å². The molecule has 0 fully saturated rings. The Balaban J connectivity index is 1.67. The van der Waals surface area contributed by atoms with E-state index in [1.807, 2.05) is 18.2 Å². The van der Waals surface area contributed by atoms with E-state index in [2.05, 4.69) is 34.7 Å². The highest BCUT2D eigenvalue weighted by atomic mass is 16.5. The number of nitrogens with zero attached hydrogens (tertiary/aromatic N) is 1. The lowest BCUT2D eigenvalue weighted by Crippen LogP contribution is -2.14. The summed E-state index contributed by atoms with van der Waals surface area (Å²) in [6.45, 7) is 2.06. The van der Waals surface area contributed by atoms with Gasteiger partial charge in [-0.2, -0.15) is 0 Å². The molecule has 0 radical (unpaired) electrons. The van der Waals surface area contributed by atoms with Crippen molar-refractivity contribution in [2.45, 2.75) is 13.0 Å². The van der Waals surface area contributed by atoms with Gasteiger partial charge in [0.2, 0.25) is 0 Å². The van der Waals surface area contributed by atoms with Gasteiger partial charge in [-0.3, -0.25) is 4.79 Å². The lowest BCUT2D eigenvalue weighted by atomic mass is 10.1. The molecule has 2 aromatic carbocycles. The first-order valence-electron chi connectivity index (χ1n) is 8.91. The minimum absolute atomic E-state index is 0.108. The molecule has 0 bridgehead atoms. The molecule has 2 N–H and O–H groups in total. The highest BCUT2D eigenvalue weighted by Crippen LogP contribution is 2.29. The summed E-state index contributed by atoms with van der Waals surface area (Å²) in [6.07, 6.45) is 1.55. The minimum atomic E-state index is -0.265. The Kier molecular flexibility index (Phi) is 6.11. The molecule has 1 unspecified atom stereocenters. The summed E-state index contributed by atoms with van der Waals surface area (Å²) in [6, 6.07) is 18.9. The summed E-state index contributed by atoms with van der Waals surface area (Å²) in [5, 5.41) is 6.16. The van der Waals surface area contributed by atoms with E-state index >= 15 is 0 Å². The fraction of sp³-hybridized carbons (Fsp3) is 0.182. The van der Waals surface area contributed by atoms with E-state index in [0.717, 1.165) is 5.56 Å². The van der Waals surface area contributed by atoms with Gasteiger partial charge in [0, 0.05) is 18.3 Å². The molecule has 0 aliphatic carbocycles. The molecular weight excluding hydrogens is 354 g/mol. The summed E-state index contributed by atoms with van der Waals surface area (Å²) in [7, 11) is 3.12. The second-order valence-corrected chi connectivity index (χ2v) is 6.23. The maximum Gasteiger partial charge on any atom is 0.257 e.